The van der Waals surface area contributed by atoms with Crippen molar-refractivity contribution in [3.05, 3.63) is 32.8 Å². The summed E-state index contributed by atoms with van der Waals surface area (Å²) in [7, 11) is 2.71. The van der Waals surface area contributed by atoms with Gasteiger partial charge in [0, 0.05) is 10.2 Å². The van der Waals surface area contributed by atoms with Gasteiger partial charge in [0.05, 0.1) is 15.6 Å². The molecule has 0 aromatic heterocycles. The van der Waals surface area contributed by atoms with Gasteiger partial charge in [-0.1, -0.05) is 54.1 Å². The zero-order valence-electron chi connectivity index (χ0n) is 9.81. The Bertz CT molecular complexity index is 458. The molecular formula is C13H14Cl3OP. The summed E-state index contributed by atoms with van der Waals surface area (Å²) in [4.78, 5) is 12.6. The fraction of sp³-hybridized carbons (Fsp3) is 0.462. The number of carbonyl (C=O) groups is 1. The van der Waals surface area contributed by atoms with Crippen molar-refractivity contribution in [3.8, 4) is 0 Å². The summed E-state index contributed by atoms with van der Waals surface area (Å²) in [6, 6.07) is 3.14. The Morgan fingerprint density at radius 2 is 1.56 bits per heavy atom. The van der Waals surface area contributed by atoms with E-state index in [1.807, 2.05) is 0 Å². The third-order valence-electron chi connectivity index (χ3n) is 3.43. The van der Waals surface area contributed by atoms with Crippen molar-refractivity contribution < 1.29 is 4.79 Å². The standard InChI is InChI=1S/C13H14Cl3OP/c14-8-6-9(15)11(10(16)7-8)12(17)13(18)4-2-1-3-5-13/h6-7H,1-5,18H2. The Morgan fingerprint density at radius 1 is 1.06 bits per heavy atom. The molecule has 5 heteroatoms. The number of hydrogen-bond donors (Lipinski definition) is 0. The van der Waals surface area contributed by atoms with Gasteiger partial charge in [0.2, 0.25) is 0 Å². The molecule has 0 heterocycles. The maximum atomic E-state index is 12.6. The molecule has 0 bridgehead atoms. The molecule has 1 atom stereocenters. The van der Waals surface area contributed by atoms with Gasteiger partial charge in [-0.25, -0.2) is 0 Å². The second-order valence-electron chi connectivity index (χ2n) is 4.79. The second kappa shape index (κ2) is 5.67. The zero-order valence-corrected chi connectivity index (χ0v) is 13.2. The minimum Gasteiger partial charge on any atom is -0.293 e. The van der Waals surface area contributed by atoms with E-state index in [2.05, 4.69) is 9.24 Å². The van der Waals surface area contributed by atoms with E-state index < -0.39 is 5.16 Å². The molecular weight excluding hydrogens is 309 g/mol. The molecule has 98 valence electrons. The van der Waals surface area contributed by atoms with Crippen LogP contribution in [-0.2, 0) is 0 Å². The predicted octanol–water partition coefficient (Wildman–Crippen LogP) is 5.41. The predicted molar refractivity (Wildman–Crippen MR) is 81.3 cm³/mol. The smallest absolute Gasteiger partial charge is 0.175 e. The minimum absolute atomic E-state index is 0.0128. The Labute approximate surface area is 124 Å². The van der Waals surface area contributed by atoms with E-state index >= 15 is 0 Å². The lowest BCUT2D eigenvalue weighted by molar-refractivity contribution is 0.0918. The Balaban J connectivity index is 2.39. The van der Waals surface area contributed by atoms with Gasteiger partial charge < -0.3 is 0 Å². The third-order valence-corrected chi connectivity index (χ3v) is 5.09. The molecule has 1 aliphatic rings. The van der Waals surface area contributed by atoms with Crippen molar-refractivity contribution in [1.29, 1.82) is 0 Å². The highest BCUT2D eigenvalue weighted by Crippen LogP contribution is 2.42. The fourth-order valence-corrected chi connectivity index (χ4v) is 3.96. The Hall–Kier alpha value is 0.190. The van der Waals surface area contributed by atoms with Crippen molar-refractivity contribution in [2.24, 2.45) is 0 Å². The first kappa shape index (κ1) is 14.6. The number of hydrogen-bond acceptors (Lipinski definition) is 1. The molecule has 1 nitrogen and oxygen atoms in total. The van der Waals surface area contributed by atoms with Crippen LogP contribution in [0.3, 0.4) is 0 Å². The number of Topliss-reactive ketones (excluding diaryl/α,β-unsaturated/α-hetero) is 1. The van der Waals surface area contributed by atoms with Crippen LogP contribution in [0.25, 0.3) is 0 Å². The molecule has 1 aliphatic carbocycles. The lowest BCUT2D eigenvalue weighted by Crippen LogP contribution is -2.34. The first-order valence-electron chi connectivity index (χ1n) is 5.92. The van der Waals surface area contributed by atoms with Crippen LogP contribution in [0, 0.1) is 0 Å². The van der Waals surface area contributed by atoms with Gasteiger partial charge in [-0.2, -0.15) is 0 Å². The molecule has 0 N–H and O–H groups in total. The molecule has 1 aromatic rings. The number of rotatable bonds is 2. The molecule has 18 heavy (non-hydrogen) atoms. The summed E-state index contributed by atoms with van der Waals surface area (Å²) >= 11 is 18.1. The molecule has 0 radical (unpaired) electrons. The number of benzene rings is 1. The zero-order chi connectivity index (χ0) is 13.3. The van der Waals surface area contributed by atoms with E-state index in [-0.39, 0.29) is 5.78 Å². The van der Waals surface area contributed by atoms with Crippen molar-refractivity contribution in [2.45, 2.75) is 37.3 Å². The maximum absolute atomic E-state index is 12.6. The summed E-state index contributed by atoms with van der Waals surface area (Å²) in [5.74, 6) is 0.0128. The first-order valence-corrected chi connectivity index (χ1v) is 7.63. The number of halogens is 3. The molecule has 1 unspecified atom stereocenters. The van der Waals surface area contributed by atoms with E-state index in [0.717, 1.165) is 25.7 Å². The van der Waals surface area contributed by atoms with E-state index in [1.165, 1.54) is 6.42 Å². The van der Waals surface area contributed by atoms with Gasteiger partial charge >= 0.3 is 0 Å². The van der Waals surface area contributed by atoms with Crippen molar-refractivity contribution in [2.75, 3.05) is 0 Å². The highest BCUT2D eigenvalue weighted by atomic mass is 35.5. The minimum atomic E-state index is -0.417. The summed E-state index contributed by atoms with van der Waals surface area (Å²) in [5.41, 5.74) is 0.402. The van der Waals surface area contributed by atoms with Gasteiger partial charge in [-0.15, -0.1) is 9.24 Å². The normalized spacial score (nSPS) is 18.7. The van der Waals surface area contributed by atoms with Gasteiger partial charge in [0.1, 0.15) is 0 Å². The van der Waals surface area contributed by atoms with E-state index in [1.54, 1.807) is 12.1 Å². The summed E-state index contributed by atoms with van der Waals surface area (Å²) in [6.07, 6.45) is 5.05. The van der Waals surface area contributed by atoms with Crippen LogP contribution in [0.2, 0.25) is 15.1 Å². The second-order valence-corrected chi connectivity index (χ2v) is 7.15. The van der Waals surface area contributed by atoms with Crippen molar-refractivity contribution >= 4 is 49.8 Å². The average molecular weight is 324 g/mol. The van der Waals surface area contributed by atoms with Gasteiger partial charge in [-0.05, 0) is 25.0 Å². The molecule has 0 saturated heterocycles. The molecule has 1 saturated carbocycles. The molecule has 2 rings (SSSR count). The Morgan fingerprint density at radius 3 is 2.06 bits per heavy atom. The van der Waals surface area contributed by atoms with E-state index in [0.29, 0.717) is 20.6 Å². The van der Waals surface area contributed by atoms with Crippen LogP contribution in [0.5, 0.6) is 0 Å². The van der Waals surface area contributed by atoms with Crippen LogP contribution in [0.1, 0.15) is 42.5 Å². The van der Waals surface area contributed by atoms with E-state index in [4.69, 9.17) is 34.8 Å². The highest BCUT2D eigenvalue weighted by molar-refractivity contribution is 7.21. The fourth-order valence-electron chi connectivity index (χ4n) is 2.42. The molecule has 0 aliphatic heterocycles. The van der Waals surface area contributed by atoms with Crippen LogP contribution in [0.4, 0.5) is 0 Å². The number of carbonyl (C=O) groups excluding carboxylic acids is 1. The van der Waals surface area contributed by atoms with Crippen LogP contribution < -0.4 is 0 Å². The third kappa shape index (κ3) is 2.85. The lowest BCUT2D eigenvalue weighted by Gasteiger charge is -2.32. The topological polar surface area (TPSA) is 17.1 Å². The highest BCUT2D eigenvalue weighted by Gasteiger charge is 2.37. The summed E-state index contributed by atoms with van der Waals surface area (Å²) in [5, 5.41) is 0.706. The van der Waals surface area contributed by atoms with Gasteiger partial charge in [0.25, 0.3) is 0 Å². The lowest BCUT2D eigenvalue weighted by atomic mass is 9.82. The SMILES string of the molecule is O=C(c1c(Cl)cc(Cl)cc1Cl)C1(P)CCCCC1. The largest absolute Gasteiger partial charge is 0.293 e. The quantitative estimate of drug-likeness (QED) is 0.525. The van der Waals surface area contributed by atoms with Gasteiger partial charge in [-0.3, -0.25) is 4.79 Å². The van der Waals surface area contributed by atoms with Crippen molar-refractivity contribution in [1.82, 2.24) is 0 Å². The Kier molecular flexibility index (Phi) is 4.60. The molecule has 1 aromatic carbocycles. The molecule has 1 fully saturated rings. The number of ketones is 1. The van der Waals surface area contributed by atoms with Crippen LogP contribution in [0.15, 0.2) is 12.1 Å². The maximum Gasteiger partial charge on any atom is 0.175 e. The van der Waals surface area contributed by atoms with Crippen LogP contribution >= 0.6 is 44.0 Å². The first-order chi connectivity index (χ1) is 8.44. The summed E-state index contributed by atoms with van der Waals surface area (Å²) < 4.78 is 0. The van der Waals surface area contributed by atoms with Crippen molar-refractivity contribution in [3.63, 3.8) is 0 Å². The van der Waals surface area contributed by atoms with Crippen LogP contribution in [-0.4, -0.2) is 10.9 Å². The summed E-state index contributed by atoms with van der Waals surface area (Å²) in [6.45, 7) is 0. The van der Waals surface area contributed by atoms with Gasteiger partial charge in [0.15, 0.2) is 5.78 Å². The molecule has 0 spiro atoms. The monoisotopic (exact) mass is 322 g/mol. The van der Waals surface area contributed by atoms with E-state index in [9.17, 15) is 4.79 Å². The average Bonchev–Trinajstić information content (AvgIpc) is 2.28. The molecule has 0 amide bonds.